The third-order valence-corrected chi connectivity index (χ3v) is 6.97. The number of pyridine rings is 1. The van der Waals surface area contributed by atoms with Crippen molar-refractivity contribution in [1.82, 2.24) is 9.88 Å². The van der Waals surface area contributed by atoms with Gasteiger partial charge in [-0.15, -0.1) is 0 Å². The van der Waals surface area contributed by atoms with Crippen LogP contribution in [0.15, 0.2) is 73.1 Å². The second kappa shape index (κ2) is 12.5. The molecule has 0 saturated carbocycles. The first-order valence-electron chi connectivity index (χ1n) is 12.5. The van der Waals surface area contributed by atoms with E-state index < -0.39 is 30.3 Å². The number of hydrogen-bond donors (Lipinski definition) is 0. The summed E-state index contributed by atoms with van der Waals surface area (Å²) < 4.78 is 12.0. The van der Waals surface area contributed by atoms with Gasteiger partial charge in [-0.25, -0.2) is 4.79 Å². The minimum Gasteiger partial charge on any atom is -0.464 e. The molecular weight excluding hydrogens is 511 g/mol. The summed E-state index contributed by atoms with van der Waals surface area (Å²) in [4.78, 5) is 33.2. The summed E-state index contributed by atoms with van der Waals surface area (Å²) in [7, 11) is 0. The minimum absolute atomic E-state index is 0.226. The average molecular weight is 541 g/mol. The number of rotatable bonds is 9. The van der Waals surface area contributed by atoms with Crippen molar-refractivity contribution in [2.45, 2.75) is 57.4 Å². The Hall–Kier alpha value is -2.93. The Morgan fingerprint density at radius 3 is 2.14 bits per heavy atom. The summed E-state index contributed by atoms with van der Waals surface area (Å²) in [6.45, 7) is 3.98. The number of ether oxygens (including phenoxy) is 2. The van der Waals surface area contributed by atoms with E-state index in [1.54, 1.807) is 48.5 Å². The number of morpholine rings is 1. The minimum atomic E-state index is -0.805. The molecule has 8 heteroatoms. The Labute approximate surface area is 227 Å². The van der Waals surface area contributed by atoms with Gasteiger partial charge >= 0.3 is 5.97 Å². The first kappa shape index (κ1) is 27.1. The zero-order chi connectivity index (χ0) is 26.4. The number of nitrogens with zero attached hydrogens (tertiary/aromatic N) is 2. The number of esters is 1. The van der Waals surface area contributed by atoms with Gasteiger partial charge in [0.15, 0.2) is 0 Å². The van der Waals surface area contributed by atoms with Crippen LogP contribution < -0.4 is 0 Å². The molecule has 0 aliphatic carbocycles. The van der Waals surface area contributed by atoms with Crippen LogP contribution in [0.2, 0.25) is 10.0 Å². The molecule has 1 aromatic heterocycles. The molecule has 1 aliphatic heterocycles. The predicted molar refractivity (Wildman–Crippen MR) is 143 cm³/mol. The second-order valence-electron chi connectivity index (χ2n) is 8.95. The highest BCUT2D eigenvalue weighted by molar-refractivity contribution is 6.30. The van der Waals surface area contributed by atoms with Gasteiger partial charge in [0.25, 0.3) is 5.91 Å². The van der Waals surface area contributed by atoms with Crippen LogP contribution in [0, 0.1) is 0 Å². The first-order chi connectivity index (χ1) is 17.9. The fourth-order valence-corrected chi connectivity index (χ4v) is 5.02. The molecule has 6 nitrogen and oxygen atoms in total. The lowest BCUT2D eigenvalue weighted by molar-refractivity contribution is -0.186. The van der Waals surface area contributed by atoms with E-state index in [0.29, 0.717) is 29.3 Å². The van der Waals surface area contributed by atoms with Gasteiger partial charge in [-0.05, 0) is 66.4 Å². The van der Waals surface area contributed by atoms with Crippen LogP contribution in [0.25, 0.3) is 0 Å². The molecule has 0 spiro atoms. The lowest BCUT2D eigenvalue weighted by atomic mass is 9.88. The zero-order valence-electron chi connectivity index (χ0n) is 20.8. The maximum absolute atomic E-state index is 14.2. The van der Waals surface area contributed by atoms with Gasteiger partial charge in [0, 0.05) is 28.9 Å². The van der Waals surface area contributed by atoms with Gasteiger partial charge in [0.1, 0.15) is 18.2 Å². The molecule has 3 aromatic rings. The normalized spacial score (nSPS) is 20.5. The summed E-state index contributed by atoms with van der Waals surface area (Å²) in [6, 6.07) is 17.1. The number of halogens is 2. The molecule has 1 saturated heterocycles. The summed E-state index contributed by atoms with van der Waals surface area (Å²) in [5.41, 5.74) is 2.57. The lowest BCUT2D eigenvalue weighted by Gasteiger charge is -2.47. The number of benzene rings is 2. The summed E-state index contributed by atoms with van der Waals surface area (Å²) in [6.07, 6.45) is 3.51. The fourth-order valence-electron chi connectivity index (χ4n) is 4.77. The third kappa shape index (κ3) is 6.32. The molecule has 2 heterocycles. The van der Waals surface area contributed by atoms with Crippen molar-refractivity contribution >= 4 is 35.1 Å². The molecule has 0 radical (unpaired) electrons. The van der Waals surface area contributed by atoms with Crippen LogP contribution in [-0.2, 0) is 25.5 Å². The zero-order valence-corrected chi connectivity index (χ0v) is 22.4. The molecule has 4 rings (SSSR count). The quantitative estimate of drug-likeness (QED) is 0.295. The molecule has 1 amide bonds. The Morgan fingerprint density at radius 1 is 0.973 bits per heavy atom. The van der Waals surface area contributed by atoms with Crippen LogP contribution in [0.3, 0.4) is 0 Å². The van der Waals surface area contributed by atoms with Gasteiger partial charge < -0.3 is 14.4 Å². The molecule has 194 valence electrons. The Morgan fingerprint density at radius 2 is 1.57 bits per heavy atom. The Kier molecular flexibility index (Phi) is 9.19. The topological polar surface area (TPSA) is 68.7 Å². The molecule has 37 heavy (non-hydrogen) atoms. The SMILES string of the molecule is CCCC(C(=O)OCC)N1C(=O)C(Cc2ccncc2)O[C@@H](c2ccc(Cl)cc2)C1c1ccc(Cl)cc1. The Balaban J connectivity index is 1.86. The van der Waals surface area contributed by atoms with Crippen molar-refractivity contribution in [1.29, 1.82) is 0 Å². The van der Waals surface area contributed by atoms with Crippen molar-refractivity contribution in [2.75, 3.05) is 6.61 Å². The van der Waals surface area contributed by atoms with Gasteiger partial charge in [-0.1, -0.05) is 60.8 Å². The highest BCUT2D eigenvalue weighted by Crippen LogP contribution is 2.44. The van der Waals surface area contributed by atoms with E-state index in [4.69, 9.17) is 32.7 Å². The van der Waals surface area contributed by atoms with Gasteiger partial charge in [-0.3, -0.25) is 9.78 Å². The maximum Gasteiger partial charge on any atom is 0.328 e. The average Bonchev–Trinajstić information content (AvgIpc) is 2.90. The van der Waals surface area contributed by atoms with Crippen LogP contribution in [0.5, 0.6) is 0 Å². The van der Waals surface area contributed by atoms with E-state index in [1.807, 2.05) is 43.3 Å². The molecule has 1 aliphatic rings. The molecule has 3 unspecified atom stereocenters. The first-order valence-corrected chi connectivity index (χ1v) is 13.2. The molecule has 1 fully saturated rings. The molecular formula is C29H30Cl2N2O4. The van der Waals surface area contributed by atoms with Crippen LogP contribution in [0.4, 0.5) is 0 Å². The summed E-state index contributed by atoms with van der Waals surface area (Å²) in [5.74, 6) is -0.676. The van der Waals surface area contributed by atoms with Gasteiger partial charge in [-0.2, -0.15) is 0 Å². The fraction of sp³-hybridized carbons (Fsp3) is 0.345. The second-order valence-corrected chi connectivity index (χ2v) is 9.83. The molecule has 4 atom stereocenters. The monoisotopic (exact) mass is 540 g/mol. The number of aromatic nitrogens is 1. The molecule has 0 N–H and O–H groups in total. The van der Waals surface area contributed by atoms with E-state index in [1.165, 1.54) is 0 Å². The lowest BCUT2D eigenvalue weighted by Crippen LogP contribution is -2.57. The standard InChI is InChI=1S/C29H30Cl2N2O4/c1-3-5-24(29(35)36-4-2)33-26(20-6-10-22(30)11-7-20)27(21-8-12-23(31)13-9-21)37-25(28(33)34)18-19-14-16-32-17-15-19/h6-17,24-27H,3-5,18H2,1-2H3/t24?,25?,26?,27-/m0/s1. The third-order valence-electron chi connectivity index (χ3n) is 6.46. The van der Waals surface area contributed by atoms with E-state index in [9.17, 15) is 9.59 Å². The molecule has 0 bridgehead atoms. The van der Waals surface area contributed by atoms with Crippen molar-refractivity contribution in [3.8, 4) is 0 Å². The highest BCUT2D eigenvalue weighted by Gasteiger charge is 2.48. The van der Waals surface area contributed by atoms with Crippen LogP contribution in [0.1, 0.15) is 55.5 Å². The van der Waals surface area contributed by atoms with E-state index in [0.717, 1.165) is 16.7 Å². The van der Waals surface area contributed by atoms with E-state index in [2.05, 4.69) is 4.98 Å². The van der Waals surface area contributed by atoms with Crippen molar-refractivity contribution in [3.05, 3.63) is 99.8 Å². The number of carbonyl (C=O) groups is 2. The number of carbonyl (C=O) groups excluding carboxylic acids is 2. The van der Waals surface area contributed by atoms with Gasteiger partial charge in [0.2, 0.25) is 0 Å². The largest absolute Gasteiger partial charge is 0.464 e. The maximum atomic E-state index is 14.2. The van der Waals surface area contributed by atoms with Crippen LogP contribution >= 0.6 is 23.2 Å². The number of hydrogen-bond acceptors (Lipinski definition) is 5. The summed E-state index contributed by atoms with van der Waals surface area (Å²) >= 11 is 12.4. The summed E-state index contributed by atoms with van der Waals surface area (Å²) in [5, 5.41) is 1.17. The molecule has 2 aromatic carbocycles. The number of amides is 1. The van der Waals surface area contributed by atoms with Crippen molar-refractivity contribution in [2.24, 2.45) is 0 Å². The van der Waals surface area contributed by atoms with Crippen LogP contribution in [-0.4, -0.2) is 40.5 Å². The Bertz CT molecular complexity index is 1190. The van der Waals surface area contributed by atoms with E-state index >= 15 is 0 Å². The van der Waals surface area contributed by atoms with E-state index in [-0.39, 0.29) is 12.5 Å². The predicted octanol–water partition coefficient (Wildman–Crippen LogP) is 6.37. The smallest absolute Gasteiger partial charge is 0.328 e. The van der Waals surface area contributed by atoms with Crippen molar-refractivity contribution in [3.63, 3.8) is 0 Å². The highest BCUT2D eigenvalue weighted by atomic mass is 35.5. The van der Waals surface area contributed by atoms with Crippen molar-refractivity contribution < 1.29 is 19.1 Å². The van der Waals surface area contributed by atoms with Gasteiger partial charge in [0.05, 0.1) is 12.6 Å².